The Morgan fingerprint density at radius 3 is 2.47 bits per heavy atom. The van der Waals surface area contributed by atoms with Crippen molar-refractivity contribution in [1.82, 2.24) is 35.7 Å². The van der Waals surface area contributed by atoms with Crippen molar-refractivity contribution in [3.8, 4) is 5.69 Å². The first-order chi connectivity index (χ1) is 16.0. The minimum absolute atomic E-state index is 0.0294. The number of tetrazole rings is 1. The van der Waals surface area contributed by atoms with Crippen LogP contribution in [0.1, 0.15) is 70.4 Å². The van der Waals surface area contributed by atoms with Crippen LogP contribution in [-0.4, -0.2) is 55.5 Å². The normalized spacial score (nSPS) is 27.0. The van der Waals surface area contributed by atoms with E-state index in [1.54, 1.807) is 11.0 Å². The fourth-order valence-electron chi connectivity index (χ4n) is 5.43. The third-order valence-corrected chi connectivity index (χ3v) is 7.68. The van der Waals surface area contributed by atoms with Gasteiger partial charge in [0.15, 0.2) is 5.83 Å². The number of nitrogens with two attached hydrogens (primary N) is 1. The van der Waals surface area contributed by atoms with E-state index in [4.69, 9.17) is 5.73 Å². The average molecular weight is 468 g/mol. The van der Waals surface area contributed by atoms with Gasteiger partial charge in [-0.25, -0.2) is 14.1 Å². The Bertz CT molecular complexity index is 1120. The highest BCUT2D eigenvalue weighted by atomic mass is 19.1. The summed E-state index contributed by atoms with van der Waals surface area (Å²) in [4.78, 5) is 6.73. The number of allylic oxidation sites excluding steroid dienone is 1. The molecule has 1 aromatic carbocycles. The molecule has 0 radical (unpaired) electrons. The molecule has 1 unspecified atom stereocenters. The molecule has 1 aliphatic carbocycles. The van der Waals surface area contributed by atoms with Gasteiger partial charge in [-0.15, -0.1) is 5.10 Å². The molecule has 1 atom stereocenters. The van der Waals surface area contributed by atoms with Gasteiger partial charge in [-0.05, 0) is 88.4 Å². The van der Waals surface area contributed by atoms with Crippen molar-refractivity contribution < 1.29 is 4.39 Å². The lowest BCUT2D eigenvalue weighted by Crippen LogP contribution is -2.63. The number of nitrogens with zero attached hydrogens (tertiary/aromatic N) is 6. The lowest BCUT2D eigenvalue weighted by molar-refractivity contribution is -0.0169. The van der Waals surface area contributed by atoms with Crippen molar-refractivity contribution in [3.63, 3.8) is 0 Å². The smallest absolute Gasteiger partial charge is 0.210 e. The van der Waals surface area contributed by atoms with Gasteiger partial charge in [0.25, 0.3) is 0 Å². The highest BCUT2D eigenvalue weighted by Gasteiger charge is 2.44. The van der Waals surface area contributed by atoms with Gasteiger partial charge in [0.05, 0.1) is 11.9 Å². The molecule has 10 heteroatoms. The molecule has 9 nitrogen and oxygen atoms in total. The molecule has 182 valence electrons. The molecule has 2 aromatic rings. The molecule has 0 amide bonds. The highest BCUT2D eigenvalue weighted by molar-refractivity contribution is 5.78. The number of benzene rings is 1. The molecule has 2 fully saturated rings. The third kappa shape index (κ3) is 4.09. The van der Waals surface area contributed by atoms with Crippen LogP contribution < -0.4 is 16.4 Å². The maximum atomic E-state index is 14.9. The molecule has 2 aliphatic heterocycles. The van der Waals surface area contributed by atoms with Gasteiger partial charge in [0.2, 0.25) is 5.79 Å². The summed E-state index contributed by atoms with van der Waals surface area (Å²) < 4.78 is 16.6. The third-order valence-electron chi connectivity index (χ3n) is 7.68. The summed E-state index contributed by atoms with van der Waals surface area (Å²) in [5.41, 5.74) is 9.40. The monoisotopic (exact) mass is 467 g/mol. The Morgan fingerprint density at radius 1 is 1.15 bits per heavy atom. The lowest BCUT2D eigenvalue weighted by atomic mass is 9.77. The molecular weight excluding hydrogens is 433 g/mol. The van der Waals surface area contributed by atoms with Gasteiger partial charge in [-0.1, -0.05) is 12.1 Å². The van der Waals surface area contributed by atoms with Crippen LogP contribution in [0.15, 0.2) is 41.2 Å². The Balaban J connectivity index is 1.41. The van der Waals surface area contributed by atoms with E-state index in [0.29, 0.717) is 11.5 Å². The van der Waals surface area contributed by atoms with Gasteiger partial charge in [0.1, 0.15) is 12.1 Å². The van der Waals surface area contributed by atoms with Gasteiger partial charge >= 0.3 is 0 Å². The largest absolute Gasteiger partial charge is 0.366 e. The Hall–Kier alpha value is -2.85. The molecule has 0 spiro atoms. The Morgan fingerprint density at radius 2 is 1.85 bits per heavy atom. The Labute approximate surface area is 199 Å². The van der Waals surface area contributed by atoms with Crippen LogP contribution in [0.2, 0.25) is 0 Å². The predicted octanol–water partition coefficient (Wildman–Crippen LogP) is 2.66. The van der Waals surface area contributed by atoms with Gasteiger partial charge in [-0.3, -0.25) is 10.6 Å². The topological polar surface area (TPSA) is 109 Å². The first-order valence-corrected chi connectivity index (χ1v) is 11.9. The quantitative estimate of drug-likeness (QED) is 0.620. The number of halogens is 1. The van der Waals surface area contributed by atoms with Crippen LogP contribution in [0.25, 0.3) is 5.69 Å². The van der Waals surface area contributed by atoms with E-state index in [1.165, 1.54) is 11.8 Å². The van der Waals surface area contributed by atoms with Crippen LogP contribution in [-0.2, 0) is 5.79 Å². The molecule has 0 bridgehead atoms. The van der Waals surface area contributed by atoms with Crippen LogP contribution >= 0.6 is 0 Å². The standard InChI is InChI=1S/C24H34FN9/c1-22(2)11-17(12-23(3,4)33(22)5)29-21-19(25)13-27-24(26,30-21)16-8-9-18(15-6-7-15)20(10-16)34-14-28-31-32-34/h8-10,13-15,17,29-30H,6-7,11-12,26H2,1-5H3. The number of aromatic nitrogens is 4. The van der Waals surface area contributed by atoms with Crippen molar-refractivity contribution >= 4 is 6.21 Å². The number of hydrogen-bond donors (Lipinski definition) is 3. The number of rotatable bonds is 5. The van der Waals surface area contributed by atoms with E-state index in [0.717, 1.165) is 31.4 Å². The van der Waals surface area contributed by atoms with E-state index >= 15 is 0 Å². The average Bonchev–Trinajstić information content (AvgIpc) is 3.47. The molecule has 1 saturated heterocycles. The molecule has 4 N–H and O–H groups in total. The summed E-state index contributed by atoms with van der Waals surface area (Å²) in [5, 5.41) is 18.2. The zero-order valence-electron chi connectivity index (χ0n) is 20.5. The molecule has 3 heterocycles. The number of piperidine rings is 1. The Kier molecular flexibility index (Phi) is 5.29. The fraction of sp³-hybridized carbons (Fsp3) is 0.583. The molecule has 3 aliphatic rings. The number of likely N-dealkylation sites (tertiary alicyclic amines) is 1. The maximum Gasteiger partial charge on any atom is 0.210 e. The van der Waals surface area contributed by atoms with Gasteiger partial charge < -0.3 is 10.6 Å². The van der Waals surface area contributed by atoms with E-state index in [2.05, 4.69) is 76.9 Å². The van der Waals surface area contributed by atoms with Crippen LogP contribution in [0.5, 0.6) is 0 Å². The molecule has 1 aromatic heterocycles. The van der Waals surface area contributed by atoms with Crippen molar-refractivity contribution in [2.45, 2.75) is 82.2 Å². The van der Waals surface area contributed by atoms with E-state index in [1.807, 2.05) is 12.1 Å². The minimum atomic E-state index is -1.32. The first-order valence-electron chi connectivity index (χ1n) is 11.9. The second-order valence-corrected chi connectivity index (χ2v) is 11.1. The SMILES string of the molecule is CN1C(C)(C)CC(NC2=C(F)C=NC(N)(c3ccc(C4CC4)c(-n4cnnn4)c3)N2)CC1(C)C. The van der Waals surface area contributed by atoms with E-state index in [-0.39, 0.29) is 22.9 Å². The second-order valence-electron chi connectivity index (χ2n) is 11.1. The zero-order chi connectivity index (χ0) is 24.3. The van der Waals surface area contributed by atoms with Gasteiger partial charge in [0, 0.05) is 22.7 Å². The van der Waals surface area contributed by atoms with Gasteiger partial charge in [-0.2, -0.15) is 0 Å². The number of aliphatic imine (C=N–C) groups is 1. The fourth-order valence-corrected chi connectivity index (χ4v) is 5.43. The van der Waals surface area contributed by atoms with Crippen LogP contribution in [0.4, 0.5) is 4.39 Å². The zero-order valence-corrected chi connectivity index (χ0v) is 20.5. The molecule has 1 saturated carbocycles. The van der Waals surface area contributed by atoms with Crippen LogP contribution in [0, 0.1) is 0 Å². The summed E-state index contributed by atoms with van der Waals surface area (Å²) in [6.07, 6.45) is 6.81. The molecule has 5 rings (SSSR count). The predicted molar refractivity (Wildman–Crippen MR) is 129 cm³/mol. The van der Waals surface area contributed by atoms with E-state index in [9.17, 15) is 4.39 Å². The molecular formula is C24H34FN9. The lowest BCUT2D eigenvalue weighted by Gasteiger charge is -2.54. The first kappa shape index (κ1) is 22.9. The summed E-state index contributed by atoms with van der Waals surface area (Å²) in [6.45, 7) is 8.88. The van der Waals surface area contributed by atoms with E-state index < -0.39 is 11.6 Å². The molecule has 34 heavy (non-hydrogen) atoms. The van der Waals surface area contributed by atoms with Crippen molar-refractivity contribution in [3.05, 3.63) is 47.3 Å². The minimum Gasteiger partial charge on any atom is -0.366 e. The van der Waals surface area contributed by atoms with Crippen molar-refractivity contribution in [2.24, 2.45) is 10.7 Å². The second kappa shape index (κ2) is 7.84. The summed E-state index contributed by atoms with van der Waals surface area (Å²) in [7, 11) is 2.15. The number of nitrogens with one attached hydrogen (secondary N) is 2. The maximum absolute atomic E-state index is 14.9. The summed E-state index contributed by atoms with van der Waals surface area (Å²) >= 11 is 0. The summed E-state index contributed by atoms with van der Waals surface area (Å²) in [5.74, 6) is -1.01. The van der Waals surface area contributed by atoms with Crippen LogP contribution in [0.3, 0.4) is 0 Å². The summed E-state index contributed by atoms with van der Waals surface area (Å²) in [6, 6.07) is 6.03. The highest BCUT2D eigenvalue weighted by Crippen LogP contribution is 2.43. The number of hydrogen-bond acceptors (Lipinski definition) is 8. The van der Waals surface area contributed by atoms with Crippen molar-refractivity contribution in [2.75, 3.05) is 7.05 Å². The van der Waals surface area contributed by atoms with Crippen molar-refractivity contribution in [1.29, 1.82) is 0 Å².